The first-order valence-corrected chi connectivity index (χ1v) is 9.79. The Hall–Kier alpha value is -3.92. The lowest BCUT2D eigenvalue weighted by Crippen LogP contribution is -2.45. The number of ether oxygens (including phenoxy) is 2. The van der Waals surface area contributed by atoms with Gasteiger partial charge in [-0.2, -0.15) is 5.26 Å². The molecule has 7 heteroatoms. The number of hydrogen-bond donors (Lipinski definition) is 2. The van der Waals surface area contributed by atoms with Crippen molar-refractivity contribution in [2.75, 3.05) is 18.7 Å². The van der Waals surface area contributed by atoms with E-state index in [0.29, 0.717) is 23.8 Å². The number of anilines is 1. The van der Waals surface area contributed by atoms with Gasteiger partial charge in [0.25, 0.3) is 0 Å². The Morgan fingerprint density at radius 3 is 2.83 bits per heavy atom. The molecular weight excluding hydrogens is 380 g/mol. The maximum Gasteiger partial charge on any atom is 0.244 e. The van der Waals surface area contributed by atoms with Crippen molar-refractivity contribution in [2.24, 2.45) is 5.73 Å². The number of nitrogens with zero attached hydrogens (tertiary/aromatic N) is 2. The Kier molecular flexibility index (Phi) is 3.16. The quantitative estimate of drug-likeness (QED) is 0.707. The van der Waals surface area contributed by atoms with Gasteiger partial charge in [-0.1, -0.05) is 17.7 Å². The van der Waals surface area contributed by atoms with E-state index in [-0.39, 0.29) is 18.3 Å². The highest BCUT2D eigenvalue weighted by Crippen LogP contribution is 2.51. The molecule has 0 unspecified atom stereocenters. The number of carbonyl (C=O) groups excluding carboxylic acids is 1. The predicted octanol–water partition coefficient (Wildman–Crippen LogP) is 2.52. The number of amides is 1. The van der Waals surface area contributed by atoms with Gasteiger partial charge in [0.05, 0.1) is 5.57 Å². The molecule has 7 nitrogen and oxygen atoms in total. The number of benzene rings is 2. The monoisotopic (exact) mass is 398 g/mol. The summed E-state index contributed by atoms with van der Waals surface area (Å²) in [5.41, 5.74) is 10.9. The molecule has 1 atom stereocenters. The van der Waals surface area contributed by atoms with Crippen LogP contribution < -0.4 is 20.5 Å². The number of nitrogens with one attached hydrogen (secondary N) is 1. The van der Waals surface area contributed by atoms with Crippen LogP contribution >= 0.6 is 0 Å². The molecule has 0 saturated carbocycles. The van der Waals surface area contributed by atoms with Crippen molar-refractivity contribution in [3.8, 4) is 17.6 Å². The van der Waals surface area contributed by atoms with Gasteiger partial charge in [0.1, 0.15) is 17.3 Å². The second kappa shape index (κ2) is 5.57. The standard InChI is InChI=1S/C23H18N4O3/c1-12-2-3-17-15(6-12)23(22(28)26-17)9-18-14-8-20-19(29-11-30-20)7-13(14)4-5-27(18)21(25)16(23)10-24/h2-3,6-9H,4-5,11,25H2,1H3,(H,26,28)/t23-/m0/s1. The van der Waals surface area contributed by atoms with Gasteiger partial charge in [-0.15, -0.1) is 0 Å². The first-order valence-electron chi connectivity index (χ1n) is 9.79. The van der Waals surface area contributed by atoms with Crippen LogP contribution in [0.3, 0.4) is 0 Å². The van der Waals surface area contributed by atoms with Crippen LogP contribution in [0.1, 0.15) is 22.3 Å². The van der Waals surface area contributed by atoms with Crippen molar-refractivity contribution in [3.05, 3.63) is 70.1 Å². The van der Waals surface area contributed by atoms with Crippen molar-refractivity contribution in [1.82, 2.24) is 4.90 Å². The van der Waals surface area contributed by atoms with Crippen LogP contribution in [0.4, 0.5) is 5.69 Å². The minimum absolute atomic E-state index is 0.195. The lowest BCUT2D eigenvalue weighted by Gasteiger charge is -2.41. The zero-order chi connectivity index (χ0) is 20.6. The normalized spacial score (nSPS) is 22.9. The number of rotatable bonds is 0. The molecule has 0 aromatic heterocycles. The smallest absolute Gasteiger partial charge is 0.244 e. The second-order valence-electron chi connectivity index (χ2n) is 7.98. The average Bonchev–Trinajstić information content (AvgIpc) is 3.30. The van der Waals surface area contributed by atoms with Crippen LogP contribution in [-0.2, 0) is 16.6 Å². The fourth-order valence-corrected chi connectivity index (χ4v) is 4.92. The van der Waals surface area contributed by atoms with Gasteiger partial charge in [0.2, 0.25) is 12.7 Å². The summed E-state index contributed by atoms with van der Waals surface area (Å²) in [6.07, 6.45) is 2.64. The van der Waals surface area contributed by atoms with Gasteiger partial charge in [-0.3, -0.25) is 4.79 Å². The summed E-state index contributed by atoms with van der Waals surface area (Å²) in [5.74, 6) is 1.46. The maximum absolute atomic E-state index is 13.3. The molecule has 0 fully saturated rings. The number of carbonyl (C=O) groups is 1. The van der Waals surface area contributed by atoms with Crippen LogP contribution in [0.2, 0.25) is 0 Å². The molecule has 148 valence electrons. The van der Waals surface area contributed by atoms with E-state index in [9.17, 15) is 10.1 Å². The third-order valence-corrected chi connectivity index (χ3v) is 6.38. The van der Waals surface area contributed by atoms with Crippen LogP contribution in [0.5, 0.6) is 11.5 Å². The summed E-state index contributed by atoms with van der Waals surface area (Å²) in [5, 5.41) is 13.0. The van der Waals surface area contributed by atoms with Gasteiger partial charge < -0.3 is 25.4 Å². The molecule has 4 aliphatic rings. The number of hydrogen-bond acceptors (Lipinski definition) is 6. The number of aryl methyl sites for hydroxylation is 1. The number of fused-ring (bicyclic) bond motifs is 6. The molecule has 1 spiro atoms. The Balaban J connectivity index is 1.65. The van der Waals surface area contributed by atoms with E-state index in [1.807, 2.05) is 48.2 Å². The lowest BCUT2D eigenvalue weighted by molar-refractivity contribution is -0.118. The van der Waals surface area contributed by atoms with E-state index < -0.39 is 5.41 Å². The van der Waals surface area contributed by atoms with Gasteiger partial charge in [0.15, 0.2) is 11.5 Å². The summed E-state index contributed by atoms with van der Waals surface area (Å²) in [7, 11) is 0. The minimum atomic E-state index is -1.25. The second-order valence-corrected chi connectivity index (χ2v) is 7.98. The van der Waals surface area contributed by atoms with Gasteiger partial charge in [-0.05, 0) is 43.2 Å². The molecule has 0 bridgehead atoms. The predicted molar refractivity (Wildman–Crippen MR) is 109 cm³/mol. The average molecular weight is 398 g/mol. The van der Waals surface area contributed by atoms with E-state index in [1.54, 1.807) is 0 Å². The van der Waals surface area contributed by atoms with E-state index in [0.717, 1.165) is 40.1 Å². The van der Waals surface area contributed by atoms with Crippen LogP contribution in [-0.4, -0.2) is 24.1 Å². The van der Waals surface area contributed by atoms with Gasteiger partial charge in [-0.25, -0.2) is 0 Å². The third kappa shape index (κ3) is 1.95. The maximum atomic E-state index is 13.3. The molecule has 6 rings (SSSR count). The molecule has 0 aliphatic carbocycles. The Morgan fingerprint density at radius 2 is 2.03 bits per heavy atom. The fourth-order valence-electron chi connectivity index (χ4n) is 4.92. The van der Waals surface area contributed by atoms with E-state index >= 15 is 0 Å². The fraction of sp³-hybridized carbons (Fsp3) is 0.217. The van der Waals surface area contributed by atoms with E-state index in [4.69, 9.17) is 15.2 Å². The summed E-state index contributed by atoms with van der Waals surface area (Å²) >= 11 is 0. The topological polar surface area (TPSA) is 101 Å². The SMILES string of the molecule is Cc1ccc2c(c1)[C@]1(C=C3c4cc5c(cc4CCN3C(N)=C1C#N)OCO5)C(=O)N2. The number of nitrogens with two attached hydrogens (primary N) is 1. The highest BCUT2D eigenvalue weighted by molar-refractivity contribution is 6.12. The first kappa shape index (κ1) is 17.0. The molecule has 2 aromatic carbocycles. The first-order chi connectivity index (χ1) is 14.5. The van der Waals surface area contributed by atoms with Crippen molar-refractivity contribution >= 4 is 17.3 Å². The van der Waals surface area contributed by atoms with Crippen molar-refractivity contribution in [2.45, 2.75) is 18.8 Å². The van der Waals surface area contributed by atoms with Crippen LogP contribution in [0.15, 0.2) is 47.8 Å². The third-order valence-electron chi connectivity index (χ3n) is 6.38. The van der Waals surface area contributed by atoms with Crippen molar-refractivity contribution in [1.29, 1.82) is 5.26 Å². The molecule has 4 heterocycles. The minimum Gasteiger partial charge on any atom is -0.454 e. The molecule has 2 aromatic rings. The van der Waals surface area contributed by atoms with E-state index in [2.05, 4.69) is 11.4 Å². The van der Waals surface area contributed by atoms with Crippen molar-refractivity contribution in [3.63, 3.8) is 0 Å². The lowest BCUT2D eigenvalue weighted by atomic mass is 9.71. The highest BCUT2D eigenvalue weighted by Gasteiger charge is 2.53. The summed E-state index contributed by atoms with van der Waals surface area (Å²) in [4.78, 5) is 15.3. The Bertz CT molecular complexity index is 1270. The largest absolute Gasteiger partial charge is 0.454 e. The summed E-state index contributed by atoms with van der Waals surface area (Å²) in [6, 6.07) is 11.9. The summed E-state index contributed by atoms with van der Waals surface area (Å²) in [6.45, 7) is 2.78. The molecular formula is C23H18N4O3. The molecule has 1 amide bonds. The van der Waals surface area contributed by atoms with Gasteiger partial charge in [0, 0.05) is 29.1 Å². The Labute approximate surface area is 173 Å². The zero-order valence-corrected chi connectivity index (χ0v) is 16.3. The number of nitriles is 1. The Morgan fingerprint density at radius 1 is 1.23 bits per heavy atom. The molecule has 0 radical (unpaired) electrons. The molecule has 30 heavy (non-hydrogen) atoms. The molecule has 0 saturated heterocycles. The van der Waals surface area contributed by atoms with Crippen LogP contribution in [0, 0.1) is 18.3 Å². The van der Waals surface area contributed by atoms with Crippen LogP contribution in [0.25, 0.3) is 5.70 Å². The van der Waals surface area contributed by atoms with Gasteiger partial charge >= 0.3 is 0 Å². The summed E-state index contributed by atoms with van der Waals surface area (Å²) < 4.78 is 11.1. The highest BCUT2D eigenvalue weighted by atomic mass is 16.7. The zero-order valence-electron chi connectivity index (χ0n) is 16.3. The molecule has 3 N–H and O–H groups in total. The molecule has 4 aliphatic heterocycles. The van der Waals surface area contributed by atoms with E-state index in [1.165, 1.54) is 0 Å². The van der Waals surface area contributed by atoms with Crippen molar-refractivity contribution < 1.29 is 14.3 Å².